The van der Waals surface area contributed by atoms with E-state index in [-0.39, 0.29) is 0 Å². The van der Waals surface area contributed by atoms with Crippen LogP contribution in [-0.2, 0) is 11.2 Å². The molecule has 0 amide bonds. The quantitative estimate of drug-likeness (QED) is 0.733. The lowest BCUT2D eigenvalue weighted by Gasteiger charge is -1.99. The van der Waals surface area contributed by atoms with E-state index in [1.165, 1.54) is 4.88 Å². The molecule has 3 heteroatoms. The summed E-state index contributed by atoms with van der Waals surface area (Å²) in [5, 5.41) is 0. The van der Waals surface area contributed by atoms with Crippen LogP contribution in [0.4, 0.5) is 0 Å². The van der Waals surface area contributed by atoms with E-state index in [4.69, 9.17) is 0 Å². The van der Waals surface area contributed by atoms with Crippen LogP contribution < -0.4 is 0 Å². The van der Waals surface area contributed by atoms with E-state index in [0.29, 0.717) is 12.2 Å². The maximum absolute atomic E-state index is 11.4. The molecule has 84 valence electrons. The van der Waals surface area contributed by atoms with Gasteiger partial charge in [-0.05, 0) is 43.4 Å². The summed E-state index contributed by atoms with van der Waals surface area (Å²) in [7, 11) is 0. The molecule has 1 aromatic rings. The van der Waals surface area contributed by atoms with E-state index in [1.807, 2.05) is 12.1 Å². The standard InChI is InChI=1S/C13H14O2S/c14-9-12-8-7-11(16-12)5-1-3-10-4-2-6-13(10)15/h4,7-9H,1-3,5-6H2. The van der Waals surface area contributed by atoms with Crippen LogP contribution in [0.25, 0.3) is 0 Å². The molecule has 1 aromatic heterocycles. The number of carbonyl (C=O) groups is 2. The van der Waals surface area contributed by atoms with E-state index in [1.54, 1.807) is 11.3 Å². The highest BCUT2D eigenvalue weighted by Gasteiger charge is 2.14. The van der Waals surface area contributed by atoms with Crippen molar-refractivity contribution >= 4 is 23.4 Å². The molecule has 2 rings (SSSR count). The molecule has 0 bridgehead atoms. The number of hydrogen-bond donors (Lipinski definition) is 0. The molecule has 0 unspecified atom stereocenters. The highest BCUT2D eigenvalue weighted by Crippen LogP contribution is 2.22. The van der Waals surface area contributed by atoms with Crippen molar-refractivity contribution in [3.63, 3.8) is 0 Å². The number of hydrogen-bond acceptors (Lipinski definition) is 3. The van der Waals surface area contributed by atoms with Gasteiger partial charge < -0.3 is 0 Å². The molecule has 0 saturated heterocycles. The first-order valence-electron chi connectivity index (χ1n) is 5.56. The lowest BCUT2D eigenvalue weighted by Crippen LogP contribution is -1.96. The molecule has 0 N–H and O–H groups in total. The second kappa shape index (κ2) is 5.21. The molecule has 0 atom stereocenters. The van der Waals surface area contributed by atoms with Gasteiger partial charge in [-0.25, -0.2) is 0 Å². The zero-order valence-electron chi connectivity index (χ0n) is 9.07. The molecule has 1 heterocycles. The average molecular weight is 234 g/mol. The molecule has 16 heavy (non-hydrogen) atoms. The topological polar surface area (TPSA) is 34.1 Å². The fraction of sp³-hybridized carbons (Fsp3) is 0.385. The van der Waals surface area contributed by atoms with Gasteiger partial charge in [0.2, 0.25) is 0 Å². The van der Waals surface area contributed by atoms with Crippen LogP contribution in [0.1, 0.15) is 40.2 Å². The van der Waals surface area contributed by atoms with Crippen LogP contribution in [0.2, 0.25) is 0 Å². The van der Waals surface area contributed by atoms with Crippen LogP contribution in [0, 0.1) is 0 Å². The molecule has 0 aromatic carbocycles. The van der Waals surface area contributed by atoms with Gasteiger partial charge in [0.25, 0.3) is 0 Å². The largest absolute Gasteiger partial charge is 0.297 e. The number of carbonyl (C=O) groups excluding carboxylic acids is 2. The Bertz CT molecular complexity index is 429. The predicted octanol–water partition coefficient (Wildman–Crippen LogP) is 3.17. The number of aldehydes is 1. The lowest BCUT2D eigenvalue weighted by atomic mass is 10.1. The molecule has 0 spiro atoms. The smallest absolute Gasteiger partial charge is 0.160 e. The van der Waals surface area contributed by atoms with Crippen molar-refractivity contribution < 1.29 is 9.59 Å². The van der Waals surface area contributed by atoms with Crippen LogP contribution in [0.3, 0.4) is 0 Å². The highest BCUT2D eigenvalue weighted by molar-refractivity contribution is 7.13. The summed E-state index contributed by atoms with van der Waals surface area (Å²) in [6.45, 7) is 0. The molecule has 1 aliphatic rings. The van der Waals surface area contributed by atoms with E-state index in [0.717, 1.165) is 42.4 Å². The minimum atomic E-state index is 0.319. The van der Waals surface area contributed by atoms with E-state index in [9.17, 15) is 9.59 Å². The maximum atomic E-state index is 11.4. The minimum absolute atomic E-state index is 0.319. The number of thiophene rings is 1. The monoisotopic (exact) mass is 234 g/mol. The zero-order valence-corrected chi connectivity index (χ0v) is 9.89. The lowest BCUT2D eigenvalue weighted by molar-refractivity contribution is -0.115. The Morgan fingerprint density at radius 2 is 2.19 bits per heavy atom. The average Bonchev–Trinajstić information content (AvgIpc) is 2.89. The van der Waals surface area contributed by atoms with Crippen molar-refractivity contribution in [2.45, 2.75) is 32.1 Å². The summed E-state index contributed by atoms with van der Waals surface area (Å²) in [6.07, 6.45) is 7.41. The predicted molar refractivity (Wildman–Crippen MR) is 65.0 cm³/mol. The van der Waals surface area contributed by atoms with Crippen LogP contribution >= 0.6 is 11.3 Å². The molecule has 0 aliphatic heterocycles. The normalized spacial score (nSPS) is 15.2. The molecule has 2 nitrogen and oxygen atoms in total. The van der Waals surface area contributed by atoms with Gasteiger partial charge in [-0.2, -0.15) is 0 Å². The van der Waals surface area contributed by atoms with E-state index in [2.05, 4.69) is 6.08 Å². The first-order valence-corrected chi connectivity index (χ1v) is 6.37. The van der Waals surface area contributed by atoms with Gasteiger partial charge in [0.1, 0.15) is 0 Å². The van der Waals surface area contributed by atoms with Gasteiger partial charge in [0.05, 0.1) is 4.88 Å². The van der Waals surface area contributed by atoms with Gasteiger partial charge in [-0.3, -0.25) is 9.59 Å². The first kappa shape index (κ1) is 11.3. The van der Waals surface area contributed by atoms with Crippen LogP contribution in [0.15, 0.2) is 23.8 Å². The highest BCUT2D eigenvalue weighted by atomic mass is 32.1. The third-order valence-corrected chi connectivity index (χ3v) is 3.86. The molecular weight excluding hydrogens is 220 g/mol. The molecule has 0 fully saturated rings. The fourth-order valence-electron chi connectivity index (χ4n) is 1.94. The van der Waals surface area contributed by atoms with Crippen molar-refractivity contribution in [3.8, 4) is 0 Å². The van der Waals surface area contributed by atoms with Crippen LogP contribution in [-0.4, -0.2) is 12.1 Å². The number of rotatable bonds is 5. The summed E-state index contributed by atoms with van der Waals surface area (Å²) in [6, 6.07) is 3.85. The Labute approximate surface area is 99.0 Å². The molecular formula is C13H14O2S. The summed E-state index contributed by atoms with van der Waals surface area (Å²) < 4.78 is 0. The van der Waals surface area contributed by atoms with Crippen LogP contribution in [0.5, 0.6) is 0 Å². The fourth-order valence-corrected chi connectivity index (χ4v) is 2.81. The molecule has 0 saturated carbocycles. The zero-order chi connectivity index (χ0) is 11.4. The Kier molecular flexibility index (Phi) is 3.67. The third kappa shape index (κ3) is 2.67. The van der Waals surface area contributed by atoms with Gasteiger partial charge in [-0.15, -0.1) is 11.3 Å². The van der Waals surface area contributed by atoms with Crippen molar-refractivity contribution in [2.75, 3.05) is 0 Å². The minimum Gasteiger partial charge on any atom is -0.297 e. The number of Topliss-reactive ketones (excluding diaryl/α,β-unsaturated/α-hetero) is 1. The number of ketones is 1. The van der Waals surface area contributed by atoms with Gasteiger partial charge in [0, 0.05) is 11.3 Å². The van der Waals surface area contributed by atoms with Crippen molar-refractivity contribution in [2.24, 2.45) is 0 Å². The first-order chi connectivity index (χ1) is 7.79. The Balaban J connectivity index is 1.79. The summed E-state index contributed by atoms with van der Waals surface area (Å²) >= 11 is 1.54. The summed E-state index contributed by atoms with van der Waals surface area (Å²) in [5.41, 5.74) is 1.01. The molecule has 1 aliphatic carbocycles. The Hall–Kier alpha value is -1.22. The number of aryl methyl sites for hydroxylation is 1. The maximum Gasteiger partial charge on any atom is 0.160 e. The Morgan fingerprint density at radius 1 is 1.31 bits per heavy atom. The van der Waals surface area contributed by atoms with E-state index >= 15 is 0 Å². The number of allylic oxidation sites excluding steroid dienone is 2. The third-order valence-electron chi connectivity index (χ3n) is 2.79. The van der Waals surface area contributed by atoms with Gasteiger partial charge >= 0.3 is 0 Å². The van der Waals surface area contributed by atoms with Crippen molar-refractivity contribution in [1.29, 1.82) is 0 Å². The summed E-state index contributed by atoms with van der Waals surface area (Å²) in [4.78, 5) is 23.9. The Morgan fingerprint density at radius 3 is 2.81 bits per heavy atom. The second-order valence-corrected chi connectivity index (χ2v) is 5.17. The molecule has 0 radical (unpaired) electrons. The van der Waals surface area contributed by atoms with Crippen molar-refractivity contribution in [1.82, 2.24) is 0 Å². The second-order valence-electron chi connectivity index (χ2n) is 3.97. The SMILES string of the molecule is O=Cc1ccc(CCCC2=CCCC2=O)s1. The van der Waals surface area contributed by atoms with Gasteiger partial charge in [-0.1, -0.05) is 6.08 Å². The van der Waals surface area contributed by atoms with E-state index < -0.39 is 0 Å². The van der Waals surface area contributed by atoms with Crippen molar-refractivity contribution in [3.05, 3.63) is 33.5 Å². The summed E-state index contributed by atoms with van der Waals surface area (Å²) in [5.74, 6) is 0.319. The van der Waals surface area contributed by atoms with Gasteiger partial charge in [0.15, 0.2) is 12.1 Å².